The number of carboxylic acid groups (broad SMARTS) is 4. The number of aliphatic carboxylic acids is 2. The third-order valence-electron chi connectivity index (χ3n) is 3.91. The zero-order valence-corrected chi connectivity index (χ0v) is 15.8. The summed E-state index contributed by atoms with van der Waals surface area (Å²) in [7, 11) is 0. The molecule has 0 atom stereocenters. The molecule has 8 heteroatoms. The highest BCUT2D eigenvalue weighted by Gasteiger charge is 2.04. The first-order valence-corrected chi connectivity index (χ1v) is 9.24. The van der Waals surface area contributed by atoms with Gasteiger partial charge >= 0.3 is 23.9 Å². The number of aromatic carboxylic acids is 2. The smallest absolute Gasteiger partial charge is 0.335 e. The Morgan fingerprint density at radius 3 is 0.964 bits per heavy atom. The van der Waals surface area contributed by atoms with Crippen molar-refractivity contribution in [2.75, 3.05) is 0 Å². The van der Waals surface area contributed by atoms with Crippen molar-refractivity contribution in [3.63, 3.8) is 0 Å². The minimum Gasteiger partial charge on any atom is -0.481 e. The van der Waals surface area contributed by atoms with Crippen molar-refractivity contribution < 1.29 is 39.6 Å². The maximum Gasteiger partial charge on any atom is 0.335 e. The maximum atomic E-state index is 10.3. The Kier molecular flexibility index (Phi) is 13.6. The van der Waals surface area contributed by atoms with Crippen LogP contribution in [0.25, 0.3) is 0 Å². The lowest BCUT2D eigenvalue weighted by Crippen LogP contribution is -1.99. The van der Waals surface area contributed by atoms with Crippen molar-refractivity contribution in [3.8, 4) is 0 Å². The molecule has 0 radical (unpaired) electrons. The van der Waals surface area contributed by atoms with Crippen molar-refractivity contribution >= 4 is 23.9 Å². The fraction of sp³-hybridized carbons (Fsp3) is 0.500. The predicted molar refractivity (Wildman–Crippen MR) is 102 cm³/mol. The van der Waals surface area contributed by atoms with Gasteiger partial charge in [0.1, 0.15) is 0 Å². The van der Waals surface area contributed by atoms with Crippen LogP contribution in [-0.4, -0.2) is 44.3 Å². The quantitative estimate of drug-likeness (QED) is 0.363. The van der Waals surface area contributed by atoms with E-state index in [9.17, 15) is 19.2 Å². The van der Waals surface area contributed by atoms with Gasteiger partial charge in [0.2, 0.25) is 0 Å². The molecule has 0 unspecified atom stereocenters. The third-order valence-corrected chi connectivity index (χ3v) is 3.91. The molecule has 0 aromatic heterocycles. The fourth-order valence-electron chi connectivity index (χ4n) is 2.37. The average Bonchev–Trinajstić information content (AvgIpc) is 2.63. The Morgan fingerprint density at radius 2 is 0.750 bits per heavy atom. The Bertz CT molecular complexity index is 567. The summed E-state index contributed by atoms with van der Waals surface area (Å²) in [6, 6.07) is 5.02. The minimum atomic E-state index is -1.06. The zero-order valence-electron chi connectivity index (χ0n) is 15.8. The summed E-state index contributed by atoms with van der Waals surface area (Å²) in [4.78, 5) is 41.1. The van der Waals surface area contributed by atoms with Crippen molar-refractivity contribution in [1.82, 2.24) is 0 Å². The summed E-state index contributed by atoms with van der Waals surface area (Å²) >= 11 is 0. The number of hydrogen-bond acceptors (Lipinski definition) is 4. The highest BCUT2D eigenvalue weighted by atomic mass is 16.4. The maximum absolute atomic E-state index is 10.3. The van der Waals surface area contributed by atoms with Crippen LogP contribution in [0.5, 0.6) is 0 Å². The summed E-state index contributed by atoms with van der Waals surface area (Å²) in [6.45, 7) is 0. The van der Waals surface area contributed by atoms with Gasteiger partial charge in [-0.1, -0.05) is 38.5 Å². The molecule has 0 amide bonds. The molecule has 0 aliphatic carbocycles. The lowest BCUT2D eigenvalue weighted by molar-refractivity contribution is -0.138. The highest BCUT2D eigenvalue weighted by molar-refractivity contribution is 5.91. The molecule has 0 heterocycles. The standard InChI is InChI=1S/C12H22O4.C8H6O4/c13-11(14)9-7-5-3-1-2-4-6-8-10-12(15)16;9-7(10)5-1-2-6(4-3-5)8(11)12/h1-10H2,(H,13,14)(H,15,16);1-4H,(H,9,10)(H,11,12). The lowest BCUT2D eigenvalue weighted by Gasteiger charge is -2.00. The van der Waals surface area contributed by atoms with Crippen LogP contribution in [0.2, 0.25) is 0 Å². The fourth-order valence-corrected chi connectivity index (χ4v) is 2.37. The molecule has 4 N–H and O–H groups in total. The van der Waals surface area contributed by atoms with Gasteiger partial charge in [0, 0.05) is 12.8 Å². The molecular weight excluding hydrogens is 368 g/mol. The molecule has 0 saturated carbocycles. The second kappa shape index (κ2) is 15.2. The molecule has 0 spiro atoms. The topological polar surface area (TPSA) is 149 Å². The van der Waals surface area contributed by atoms with Gasteiger partial charge in [-0.2, -0.15) is 0 Å². The first kappa shape index (κ1) is 25.1. The zero-order chi connectivity index (χ0) is 21.4. The normalized spacial score (nSPS) is 9.86. The van der Waals surface area contributed by atoms with Gasteiger partial charge in [-0.05, 0) is 37.1 Å². The molecule has 0 aliphatic heterocycles. The van der Waals surface area contributed by atoms with Gasteiger partial charge in [-0.25, -0.2) is 9.59 Å². The van der Waals surface area contributed by atoms with Crippen LogP contribution in [0, 0.1) is 0 Å². The molecule has 1 rings (SSSR count). The third kappa shape index (κ3) is 14.3. The monoisotopic (exact) mass is 396 g/mol. The van der Waals surface area contributed by atoms with E-state index in [1.165, 1.54) is 24.3 Å². The van der Waals surface area contributed by atoms with E-state index < -0.39 is 23.9 Å². The molecule has 28 heavy (non-hydrogen) atoms. The molecule has 1 aromatic carbocycles. The van der Waals surface area contributed by atoms with Gasteiger partial charge in [-0.15, -0.1) is 0 Å². The molecule has 0 fully saturated rings. The molecule has 0 saturated heterocycles. The van der Waals surface area contributed by atoms with Crippen LogP contribution in [0.3, 0.4) is 0 Å². The minimum absolute atomic E-state index is 0.0833. The summed E-state index contributed by atoms with van der Waals surface area (Å²) in [5.74, 6) is -3.55. The molecule has 8 nitrogen and oxygen atoms in total. The number of benzene rings is 1. The van der Waals surface area contributed by atoms with E-state index in [0.717, 1.165) is 51.4 Å². The second-order valence-corrected chi connectivity index (χ2v) is 6.30. The van der Waals surface area contributed by atoms with Gasteiger partial charge < -0.3 is 20.4 Å². The van der Waals surface area contributed by atoms with Crippen LogP contribution < -0.4 is 0 Å². The SMILES string of the molecule is O=C(O)CCCCCCCCCCC(=O)O.O=C(O)c1ccc(C(=O)O)cc1. The van der Waals surface area contributed by atoms with E-state index in [0.29, 0.717) is 0 Å². The van der Waals surface area contributed by atoms with E-state index in [-0.39, 0.29) is 24.0 Å². The Hall–Kier alpha value is -2.90. The first-order valence-electron chi connectivity index (χ1n) is 9.24. The number of unbranched alkanes of at least 4 members (excludes halogenated alkanes) is 7. The van der Waals surface area contributed by atoms with Crippen LogP contribution >= 0.6 is 0 Å². The van der Waals surface area contributed by atoms with E-state index in [1.807, 2.05) is 0 Å². The molecule has 0 bridgehead atoms. The van der Waals surface area contributed by atoms with Crippen LogP contribution in [0.4, 0.5) is 0 Å². The first-order chi connectivity index (χ1) is 13.2. The van der Waals surface area contributed by atoms with Gasteiger partial charge in [0.25, 0.3) is 0 Å². The van der Waals surface area contributed by atoms with E-state index in [4.69, 9.17) is 20.4 Å². The van der Waals surface area contributed by atoms with Crippen LogP contribution in [0.15, 0.2) is 24.3 Å². The highest BCUT2D eigenvalue weighted by Crippen LogP contribution is 2.10. The number of carboxylic acids is 4. The van der Waals surface area contributed by atoms with Crippen molar-refractivity contribution in [2.24, 2.45) is 0 Å². The Balaban J connectivity index is 0.000000540. The summed E-state index contributed by atoms with van der Waals surface area (Å²) in [5.41, 5.74) is 0.167. The average molecular weight is 396 g/mol. The summed E-state index contributed by atoms with van der Waals surface area (Å²) in [5, 5.41) is 33.8. The molecule has 1 aromatic rings. The predicted octanol–water partition coefficient (Wildman–Crippen LogP) is 4.14. The lowest BCUT2D eigenvalue weighted by atomic mass is 10.1. The van der Waals surface area contributed by atoms with E-state index >= 15 is 0 Å². The Morgan fingerprint density at radius 1 is 0.500 bits per heavy atom. The van der Waals surface area contributed by atoms with E-state index in [2.05, 4.69) is 0 Å². The summed E-state index contributed by atoms with van der Waals surface area (Å²) in [6.07, 6.45) is 8.51. The molecule has 156 valence electrons. The van der Waals surface area contributed by atoms with Crippen LogP contribution in [-0.2, 0) is 9.59 Å². The van der Waals surface area contributed by atoms with Gasteiger partial charge in [-0.3, -0.25) is 9.59 Å². The number of hydrogen-bond donors (Lipinski definition) is 4. The van der Waals surface area contributed by atoms with Gasteiger partial charge in [0.05, 0.1) is 11.1 Å². The van der Waals surface area contributed by atoms with E-state index in [1.54, 1.807) is 0 Å². The summed E-state index contributed by atoms with van der Waals surface area (Å²) < 4.78 is 0. The number of rotatable bonds is 13. The Labute approximate surface area is 163 Å². The van der Waals surface area contributed by atoms with Crippen molar-refractivity contribution in [1.29, 1.82) is 0 Å². The largest absolute Gasteiger partial charge is 0.481 e. The molecular formula is C20H28O8. The number of carbonyl (C=O) groups is 4. The van der Waals surface area contributed by atoms with Crippen molar-refractivity contribution in [3.05, 3.63) is 35.4 Å². The molecule has 0 aliphatic rings. The van der Waals surface area contributed by atoms with Crippen molar-refractivity contribution in [2.45, 2.75) is 64.2 Å². The van der Waals surface area contributed by atoms with Gasteiger partial charge in [0.15, 0.2) is 0 Å². The second-order valence-electron chi connectivity index (χ2n) is 6.30. The van der Waals surface area contributed by atoms with Crippen LogP contribution in [0.1, 0.15) is 84.9 Å².